The van der Waals surface area contributed by atoms with Gasteiger partial charge in [0, 0.05) is 16.7 Å². The zero-order valence-electron chi connectivity index (χ0n) is 19.5. The van der Waals surface area contributed by atoms with Gasteiger partial charge in [0.2, 0.25) is 0 Å². The van der Waals surface area contributed by atoms with E-state index < -0.39 is 35.8 Å². The molecule has 1 amide bonds. The minimum atomic E-state index is -1.09. The van der Waals surface area contributed by atoms with Crippen LogP contribution in [-0.4, -0.2) is 34.6 Å². The first-order chi connectivity index (χ1) is 17.4. The first-order valence-electron chi connectivity index (χ1n) is 11.1. The molecule has 2 atom stereocenters. The monoisotopic (exact) mass is 511 g/mol. The summed E-state index contributed by atoms with van der Waals surface area (Å²) in [6.45, 7) is 0. The lowest BCUT2D eigenvalue weighted by atomic mass is 9.99. The van der Waals surface area contributed by atoms with Crippen molar-refractivity contribution in [3.63, 3.8) is 0 Å². The molecule has 36 heavy (non-hydrogen) atoms. The minimum absolute atomic E-state index is 0.252. The van der Waals surface area contributed by atoms with Crippen molar-refractivity contribution in [1.29, 1.82) is 0 Å². The summed E-state index contributed by atoms with van der Waals surface area (Å²) < 4.78 is 26.1. The number of para-hydroxylation sites is 1. The Balaban J connectivity index is 1.89. The van der Waals surface area contributed by atoms with E-state index in [-0.39, 0.29) is 12.0 Å². The Hall–Kier alpha value is -3.98. The molecule has 0 radical (unpaired) electrons. The zero-order valence-corrected chi connectivity index (χ0v) is 20.3. The van der Waals surface area contributed by atoms with E-state index in [9.17, 15) is 19.1 Å². The molecule has 0 spiro atoms. The van der Waals surface area contributed by atoms with Gasteiger partial charge in [-0.25, -0.2) is 14.0 Å². The number of carboxylic acids is 1. The molecule has 3 aromatic rings. The van der Waals surface area contributed by atoms with E-state index in [4.69, 9.17) is 14.6 Å². The molecule has 0 saturated carbocycles. The van der Waals surface area contributed by atoms with Gasteiger partial charge in [0.25, 0.3) is 0 Å². The number of anilines is 1. The predicted octanol–water partition coefficient (Wildman–Crippen LogP) is 6.41. The smallest absolute Gasteiger partial charge is 0.412 e. The number of carboxylic acid groups (broad SMARTS) is 1. The van der Waals surface area contributed by atoms with E-state index in [1.807, 2.05) is 24.5 Å². The lowest BCUT2D eigenvalue weighted by Gasteiger charge is -2.28. The van der Waals surface area contributed by atoms with Crippen LogP contribution < -0.4 is 10.1 Å². The molecule has 0 heterocycles. The molecule has 0 aliphatic carbocycles. The van der Waals surface area contributed by atoms with Crippen LogP contribution in [-0.2, 0) is 9.53 Å². The number of aliphatic carboxylic acids is 1. The number of halogens is 1. The first-order valence-corrected chi connectivity index (χ1v) is 12.3. The maximum absolute atomic E-state index is 14.3. The van der Waals surface area contributed by atoms with Gasteiger partial charge < -0.3 is 19.7 Å². The fraction of sp³-hybridized carbons (Fsp3) is 0.185. The molecular formula is C27H26FNO6S. The van der Waals surface area contributed by atoms with Crippen LogP contribution in [0.4, 0.5) is 14.9 Å². The van der Waals surface area contributed by atoms with Gasteiger partial charge in [0.15, 0.2) is 17.7 Å². The van der Waals surface area contributed by atoms with Gasteiger partial charge in [-0.2, -0.15) is 0 Å². The third kappa shape index (κ3) is 8.06. The number of phenols is 1. The summed E-state index contributed by atoms with van der Waals surface area (Å²) >= 11 is 1.56. The minimum Gasteiger partial charge on any atom is -0.505 e. The summed E-state index contributed by atoms with van der Waals surface area (Å²) in [5.41, 5.74) is 0.777. The van der Waals surface area contributed by atoms with Gasteiger partial charge in [0.1, 0.15) is 11.9 Å². The van der Waals surface area contributed by atoms with Crippen LogP contribution in [0.25, 0.3) is 0 Å². The lowest BCUT2D eigenvalue weighted by Crippen LogP contribution is -2.31. The molecule has 0 fully saturated rings. The number of aromatic hydroxyl groups is 1. The van der Waals surface area contributed by atoms with Crippen LogP contribution in [0.15, 0.2) is 89.8 Å². The van der Waals surface area contributed by atoms with Crippen molar-refractivity contribution in [1.82, 2.24) is 0 Å². The standard InChI is InChI=1S/C27H26FNO6S/c1-36-21-14-12-19(13-15-21)29-27(33)35-26(18-11-16-23(30)22(28)17-18)24(9-5-6-10-25(31)32)34-20-7-3-2-4-8-20/h2-4,6-8,10-17,24,26,30H,5,9H2,1H3,(H,29,33)(H,31,32)/b10-6+/t24-,26-/m1/s1. The largest absolute Gasteiger partial charge is 0.505 e. The van der Waals surface area contributed by atoms with Crippen LogP contribution in [0.1, 0.15) is 24.5 Å². The van der Waals surface area contributed by atoms with Gasteiger partial charge in [-0.3, -0.25) is 5.32 Å². The second-order valence-corrected chi connectivity index (χ2v) is 8.56. The molecule has 0 aromatic heterocycles. The summed E-state index contributed by atoms with van der Waals surface area (Å²) in [7, 11) is 0. The van der Waals surface area contributed by atoms with Crippen molar-refractivity contribution in [2.75, 3.05) is 11.6 Å². The fourth-order valence-electron chi connectivity index (χ4n) is 3.39. The van der Waals surface area contributed by atoms with Gasteiger partial charge in [-0.15, -0.1) is 11.8 Å². The predicted molar refractivity (Wildman–Crippen MR) is 136 cm³/mol. The van der Waals surface area contributed by atoms with Gasteiger partial charge in [-0.05, 0) is 73.2 Å². The van der Waals surface area contributed by atoms with E-state index >= 15 is 0 Å². The summed E-state index contributed by atoms with van der Waals surface area (Å²) in [6.07, 6.45) is 2.29. The highest BCUT2D eigenvalue weighted by atomic mass is 32.2. The Morgan fingerprint density at radius 3 is 2.44 bits per heavy atom. The van der Waals surface area contributed by atoms with Crippen LogP contribution in [0.5, 0.6) is 11.5 Å². The van der Waals surface area contributed by atoms with Crippen molar-refractivity contribution in [3.8, 4) is 11.5 Å². The molecule has 0 aliphatic rings. The normalized spacial score (nSPS) is 12.6. The third-order valence-electron chi connectivity index (χ3n) is 5.12. The molecule has 9 heteroatoms. The number of benzene rings is 3. The number of thioether (sulfide) groups is 1. The molecule has 7 nitrogen and oxygen atoms in total. The van der Waals surface area contributed by atoms with Crippen LogP contribution in [0.3, 0.4) is 0 Å². The second-order valence-electron chi connectivity index (χ2n) is 7.68. The number of nitrogens with one attached hydrogen (secondary N) is 1. The highest BCUT2D eigenvalue weighted by molar-refractivity contribution is 7.98. The molecule has 3 aromatic carbocycles. The SMILES string of the molecule is CSc1ccc(NC(=O)O[C@H](c2ccc(O)c(F)c2)[C@@H](CC/C=C/C(=O)O)Oc2ccccc2)cc1. The Bertz CT molecular complexity index is 1190. The Morgan fingerprint density at radius 1 is 1.08 bits per heavy atom. The molecule has 3 N–H and O–H groups in total. The van der Waals surface area contributed by atoms with Gasteiger partial charge in [0.05, 0.1) is 0 Å². The topological polar surface area (TPSA) is 105 Å². The fourth-order valence-corrected chi connectivity index (χ4v) is 3.79. The highest BCUT2D eigenvalue weighted by Crippen LogP contribution is 2.31. The van der Waals surface area contributed by atoms with Crippen molar-refractivity contribution < 1.29 is 33.7 Å². The maximum atomic E-state index is 14.3. The second kappa shape index (κ2) is 13.2. The van der Waals surface area contributed by atoms with Crippen LogP contribution in [0, 0.1) is 5.82 Å². The Morgan fingerprint density at radius 2 is 1.81 bits per heavy atom. The Kier molecular flexibility index (Phi) is 9.76. The molecule has 0 unspecified atom stereocenters. The Labute approximate surface area is 212 Å². The first kappa shape index (κ1) is 26.6. The van der Waals surface area contributed by atoms with Crippen molar-refractivity contribution >= 4 is 29.5 Å². The van der Waals surface area contributed by atoms with E-state index in [0.29, 0.717) is 17.9 Å². The summed E-state index contributed by atoms with van der Waals surface area (Å²) in [6, 6.07) is 19.7. The van der Waals surface area contributed by atoms with Crippen molar-refractivity contribution in [3.05, 3.63) is 96.3 Å². The number of amides is 1. The molecule has 0 saturated heterocycles. The highest BCUT2D eigenvalue weighted by Gasteiger charge is 2.30. The van der Waals surface area contributed by atoms with E-state index in [1.165, 1.54) is 18.2 Å². The van der Waals surface area contributed by atoms with Crippen molar-refractivity contribution in [2.45, 2.75) is 29.9 Å². The molecule has 3 rings (SSSR count). The molecular weight excluding hydrogens is 485 g/mol. The average Bonchev–Trinajstić information content (AvgIpc) is 2.87. The van der Waals surface area contributed by atoms with Gasteiger partial charge in [-0.1, -0.05) is 30.3 Å². The van der Waals surface area contributed by atoms with Crippen molar-refractivity contribution in [2.24, 2.45) is 0 Å². The van der Waals surface area contributed by atoms with E-state index in [2.05, 4.69) is 5.32 Å². The maximum Gasteiger partial charge on any atom is 0.412 e. The molecule has 188 valence electrons. The number of ether oxygens (including phenoxy) is 2. The van der Waals surface area contributed by atoms with E-state index in [1.54, 1.807) is 48.2 Å². The average molecular weight is 512 g/mol. The number of allylic oxidation sites excluding steroid dienone is 1. The number of phenolic OH excluding ortho intramolecular Hbond substituents is 1. The van der Waals surface area contributed by atoms with E-state index in [0.717, 1.165) is 17.0 Å². The zero-order chi connectivity index (χ0) is 25.9. The number of hydrogen-bond acceptors (Lipinski definition) is 6. The number of rotatable bonds is 11. The quantitative estimate of drug-likeness (QED) is 0.202. The third-order valence-corrected chi connectivity index (χ3v) is 5.86. The molecule has 0 aliphatic heterocycles. The van der Waals surface area contributed by atoms with Crippen LogP contribution >= 0.6 is 11.8 Å². The number of carbonyl (C=O) groups excluding carboxylic acids is 1. The summed E-state index contributed by atoms with van der Waals surface area (Å²) in [4.78, 5) is 24.7. The summed E-state index contributed by atoms with van der Waals surface area (Å²) in [5, 5.41) is 21.2. The number of hydrogen-bond donors (Lipinski definition) is 3. The lowest BCUT2D eigenvalue weighted by molar-refractivity contribution is -0.131. The summed E-state index contributed by atoms with van der Waals surface area (Å²) in [5.74, 6) is -2.01. The van der Waals surface area contributed by atoms with Crippen LogP contribution in [0.2, 0.25) is 0 Å². The molecule has 0 bridgehead atoms. The van der Waals surface area contributed by atoms with Gasteiger partial charge >= 0.3 is 12.1 Å². The number of carbonyl (C=O) groups is 2.